The highest BCUT2D eigenvalue weighted by molar-refractivity contribution is 6.34. The highest BCUT2D eigenvalue weighted by atomic mass is 16.5. The Labute approximate surface area is 152 Å². The van der Waals surface area contributed by atoms with Crippen molar-refractivity contribution >= 4 is 23.0 Å². The molecule has 0 fully saturated rings. The molecule has 8 heteroatoms. The lowest BCUT2D eigenvalue weighted by atomic mass is 10.1. The zero-order chi connectivity index (χ0) is 19.0. The number of para-hydroxylation sites is 3. The summed E-state index contributed by atoms with van der Waals surface area (Å²) < 4.78 is 11.3. The van der Waals surface area contributed by atoms with Crippen LogP contribution in [0.2, 0.25) is 0 Å². The number of anilines is 1. The van der Waals surface area contributed by atoms with Crippen molar-refractivity contribution in [3.8, 4) is 11.4 Å². The van der Waals surface area contributed by atoms with E-state index in [4.69, 9.17) is 9.26 Å². The molecule has 1 amide bonds. The van der Waals surface area contributed by atoms with Gasteiger partial charge >= 0.3 is 11.3 Å². The number of amides is 1. The first-order valence-electron chi connectivity index (χ1n) is 8.04. The number of benzene rings is 2. The Morgan fingerprint density at radius 2 is 1.85 bits per heavy atom. The number of hydrogen-bond donors (Lipinski definition) is 2. The van der Waals surface area contributed by atoms with Gasteiger partial charge in [0.05, 0.1) is 12.7 Å². The van der Waals surface area contributed by atoms with Crippen molar-refractivity contribution < 1.29 is 23.5 Å². The third kappa shape index (κ3) is 2.73. The van der Waals surface area contributed by atoms with Crippen molar-refractivity contribution in [3.63, 3.8) is 0 Å². The van der Waals surface area contributed by atoms with Gasteiger partial charge in [-0.2, -0.15) is 0 Å². The minimum absolute atomic E-state index is 0.183. The third-order valence-electron chi connectivity index (χ3n) is 4.19. The normalized spacial score (nSPS) is 14.1. The standard InChI is InChI=1S/C19H13N3O5/c1-26-16-9-5-4-8-14(16)22-17(19(25)27-21-22)15(23)10-12-11-6-2-3-7-13(11)20-18(12)24/h2-10H,1H3,(H-,20,21,23,24,25)/p+1. The maximum atomic E-state index is 12.8. The van der Waals surface area contributed by atoms with Crippen molar-refractivity contribution in [3.05, 3.63) is 76.3 Å². The first-order valence-corrected chi connectivity index (χ1v) is 8.04. The van der Waals surface area contributed by atoms with Crippen LogP contribution in [0.4, 0.5) is 5.69 Å². The molecule has 4 rings (SSSR count). The number of nitrogens with zero attached hydrogens (tertiary/aromatic N) is 1. The average molecular weight is 364 g/mol. The van der Waals surface area contributed by atoms with Crippen LogP contribution in [0, 0.1) is 0 Å². The van der Waals surface area contributed by atoms with Crippen LogP contribution in [0.5, 0.6) is 5.75 Å². The van der Waals surface area contributed by atoms with Gasteiger partial charge in [0.2, 0.25) is 0 Å². The number of ether oxygens (including phenoxy) is 1. The molecule has 0 spiro atoms. The second-order valence-electron chi connectivity index (χ2n) is 5.76. The summed E-state index contributed by atoms with van der Waals surface area (Å²) in [6, 6.07) is 13.8. The van der Waals surface area contributed by atoms with Gasteiger partial charge in [0.25, 0.3) is 17.4 Å². The van der Waals surface area contributed by atoms with E-state index in [9.17, 15) is 14.4 Å². The van der Waals surface area contributed by atoms with Crippen molar-refractivity contribution in [1.82, 2.24) is 5.27 Å². The van der Waals surface area contributed by atoms with Crippen molar-refractivity contribution in [2.24, 2.45) is 0 Å². The van der Waals surface area contributed by atoms with E-state index < -0.39 is 17.3 Å². The van der Waals surface area contributed by atoms with E-state index in [1.165, 1.54) is 11.8 Å². The number of H-pyrrole nitrogens is 1. The number of rotatable bonds is 4. The molecule has 134 valence electrons. The van der Waals surface area contributed by atoms with E-state index in [0.717, 1.165) is 6.08 Å². The van der Waals surface area contributed by atoms with E-state index in [-0.39, 0.29) is 11.3 Å². The minimum atomic E-state index is -0.852. The fraction of sp³-hybridized carbons (Fsp3) is 0.0526. The molecule has 2 heterocycles. The molecule has 1 aliphatic heterocycles. The van der Waals surface area contributed by atoms with Crippen LogP contribution in [0.3, 0.4) is 0 Å². The highest BCUT2D eigenvalue weighted by Gasteiger charge is 2.33. The van der Waals surface area contributed by atoms with E-state index in [0.29, 0.717) is 22.7 Å². The molecular weight excluding hydrogens is 350 g/mol. The lowest BCUT2D eigenvalue weighted by Gasteiger charge is -2.00. The van der Waals surface area contributed by atoms with Crippen LogP contribution in [-0.2, 0) is 4.79 Å². The zero-order valence-corrected chi connectivity index (χ0v) is 14.2. The van der Waals surface area contributed by atoms with Crippen LogP contribution < -0.4 is 20.4 Å². The molecule has 0 aliphatic carbocycles. The molecular formula is C19H14N3O5+. The van der Waals surface area contributed by atoms with E-state index in [1.54, 1.807) is 48.5 Å². The van der Waals surface area contributed by atoms with Gasteiger partial charge in [-0.1, -0.05) is 30.3 Å². The third-order valence-corrected chi connectivity index (χ3v) is 4.19. The first-order chi connectivity index (χ1) is 13.1. The SMILES string of the molecule is COc1ccccc1-[n+]1[nH]oc(=O)c1C(=O)/C=C1/C(=O)Nc2ccccc21. The van der Waals surface area contributed by atoms with E-state index in [2.05, 4.69) is 10.6 Å². The predicted octanol–water partition coefficient (Wildman–Crippen LogP) is 1.47. The van der Waals surface area contributed by atoms with Gasteiger partial charge in [0.15, 0.2) is 5.75 Å². The van der Waals surface area contributed by atoms with Crippen LogP contribution in [-0.4, -0.2) is 24.1 Å². The Morgan fingerprint density at radius 1 is 1.11 bits per heavy atom. The Hall–Kier alpha value is -3.94. The fourth-order valence-corrected chi connectivity index (χ4v) is 2.95. The molecule has 27 heavy (non-hydrogen) atoms. The van der Waals surface area contributed by atoms with Gasteiger partial charge in [-0.3, -0.25) is 14.1 Å². The molecule has 0 radical (unpaired) electrons. The van der Waals surface area contributed by atoms with Crippen LogP contribution >= 0.6 is 0 Å². The Morgan fingerprint density at radius 3 is 2.67 bits per heavy atom. The molecule has 1 aliphatic rings. The summed E-state index contributed by atoms with van der Waals surface area (Å²) in [5.41, 5.74) is 0.685. The van der Waals surface area contributed by atoms with Gasteiger partial charge < -0.3 is 10.1 Å². The summed E-state index contributed by atoms with van der Waals surface area (Å²) >= 11 is 0. The highest BCUT2D eigenvalue weighted by Crippen LogP contribution is 2.31. The molecule has 2 N–H and O–H groups in total. The molecule has 8 nitrogen and oxygen atoms in total. The molecule has 3 aromatic rings. The van der Waals surface area contributed by atoms with Gasteiger partial charge in [-0.15, -0.1) is 0 Å². The Bertz CT molecular complexity index is 1160. The molecule has 0 saturated carbocycles. The maximum Gasteiger partial charge on any atom is 0.439 e. The number of methoxy groups -OCH3 is 1. The van der Waals surface area contributed by atoms with Crippen LogP contribution in [0.25, 0.3) is 11.3 Å². The van der Waals surface area contributed by atoms with Gasteiger partial charge in [-0.25, -0.2) is 4.79 Å². The molecule has 0 saturated heterocycles. The molecule has 0 atom stereocenters. The van der Waals surface area contributed by atoms with E-state index in [1.807, 2.05) is 0 Å². The Kier molecular flexibility index (Phi) is 3.92. The quantitative estimate of drug-likeness (QED) is 0.414. The number of hydrogen-bond acceptors (Lipinski definition) is 5. The summed E-state index contributed by atoms with van der Waals surface area (Å²) in [6.45, 7) is 0. The summed E-state index contributed by atoms with van der Waals surface area (Å²) in [7, 11) is 1.47. The topological polar surface area (TPSA) is 105 Å². The number of carbonyl (C=O) groups is 2. The molecule has 0 unspecified atom stereocenters. The van der Waals surface area contributed by atoms with Gasteiger partial charge in [-0.05, 0) is 22.1 Å². The second kappa shape index (κ2) is 6.41. The summed E-state index contributed by atoms with van der Waals surface area (Å²) in [5.74, 6) is -0.642. The monoisotopic (exact) mass is 364 g/mol. The predicted molar refractivity (Wildman–Crippen MR) is 94.8 cm³/mol. The number of aromatic nitrogens is 2. The smallest absolute Gasteiger partial charge is 0.439 e. The first kappa shape index (κ1) is 16.5. The molecule has 1 aromatic heterocycles. The van der Waals surface area contributed by atoms with Gasteiger partial charge in [0.1, 0.15) is 0 Å². The minimum Gasteiger partial charge on any atom is -0.490 e. The second-order valence-corrected chi connectivity index (χ2v) is 5.76. The Balaban J connectivity index is 1.82. The summed E-state index contributed by atoms with van der Waals surface area (Å²) in [6.07, 6.45) is 1.13. The lowest BCUT2D eigenvalue weighted by Crippen LogP contribution is -2.41. The van der Waals surface area contributed by atoms with E-state index >= 15 is 0 Å². The largest absolute Gasteiger partial charge is 0.490 e. The number of aromatic amines is 1. The van der Waals surface area contributed by atoms with Crippen molar-refractivity contribution in [2.75, 3.05) is 12.4 Å². The number of allylic oxidation sites excluding steroid dienone is 1. The average Bonchev–Trinajstić information content (AvgIpc) is 3.21. The maximum absolute atomic E-state index is 12.8. The number of nitrogens with one attached hydrogen (secondary N) is 2. The number of carbonyl (C=O) groups excluding carboxylic acids is 2. The molecule has 0 bridgehead atoms. The van der Waals surface area contributed by atoms with Crippen molar-refractivity contribution in [1.29, 1.82) is 0 Å². The lowest BCUT2D eigenvalue weighted by molar-refractivity contribution is -0.672. The fourth-order valence-electron chi connectivity index (χ4n) is 2.95. The van der Waals surface area contributed by atoms with Gasteiger partial charge in [0, 0.05) is 23.4 Å². The van der Waals surface area contributed by atoms with Crippen LogP contribution in [0.15, 0.2) is 63.9 Å². The zero-order valence-electron chi connectivity index (χ0n) is 14.2. The van der Waals surface area contributed by atoms with Crippen LogP contribution in [0.1, 0.15) is 16.1 Å². The summed E-state index contributed by atoms with van der Waals surface area (Å²) in [4.78, 5) is 37.2. The number of ketones is 1. The van der Waals surface area contributed by atoms with Crippen molar-refractivity contribution in [2.45, 2.75) is 0 Å². The number of fused-ring (bicyclic) bond motifs is 1. The molecule has 2 aromatic carbocycles. The summed E-state index contributed by atoms with van der Waals surface area (Å²) in [5, 5.41) is 5.08.